The molecule has 2 nitrogen and oxygen atoms in total. The van der Waals surface area contributed by atoms with E-state index in [-0.39, 0.29) is 0 Å². The molecule has 0 saturated heterocycles. The van der Waals surface area contributed by atoms with E-state index in [1.165, 1.54) is 77.0 Å². The maximum Gasteiger partial charge on any atom is 0.274 e. The van der Waals surface area contributed by atoms with Gasteiger partial charge in [0.15, 0.2) is 0 Å². The van der Waals surface area contributed by atoms with Crippen LogP contribution in [0, 0.1) is 0 Å². The number of hydrogen-bond donors (Lipinski definition) is 0. The van der Waals surface area contributed by atoms with E-state index in [0.29, 0.717) is 10.4 Å². The van der Waals surface area contributed by atoms with Crippen molar-refractivity contribution >= 4 is 14.5 Å². The van der Waals surface area contributed by atoms with Gasteiger partial charge in [0.2, 0.25) is 24.8 Å². The highest BCUT2D eigenvalue weighted by Gasteiger charge is 2.86. The zero-order valence-corrected chi connectivity index (χ0v) is 35.0. The molecule has 4 heteroatoms. The molecule has 0 amide bonds. The summed E-state index contributed by atoms with van der Waals surface area (Å²) in [4.78, 5) is 0. The third kappa shape index (κ3) is 6.26. The van der Waals surface area contributed by atoms with Crippen molar-refractivity contribution in [3.63, 3.8) is 0 Å². The third-order valence-electron chi connectivity index (χ3n) is 17.5. The molecule has 0 N–H and O–H groups in total. The quantitative estimate of drug-likeness (QED) is 0.177. The van der Waals surface area contributed by atoms with Crippen molar-refractivity contribution < 1.29 is 9.13 Å². The van der Waals surface area contributed by atoms with E-state index in [0.717, 1.165) is 34.0 Å². The molecule has 1 aromatic heterocycles. The summed E-state index contributed by atoms with van der Waals surface area (Å²) < 4.78 is 5.42. The van der Waals surface area contributed by atoms with Crippen molar-refractivity contribution in [2.45, 2.75) is 257 Å². The number of nitrogens with zero attached hydrogens (tertiary/aromatic N) is 2. The smallest absolute Gasteiger partial charge is 0.197 e. The van der Waals surface area contributed by atoms with Crippen LogP contribution in [0.2, 0.25) is 0 Å². The summed E-state index contributed by atoms with van der Waals surface area (Å²) in [7, 11) is -0.355. The third-order valence-corrected chi connectivity index (χ3v) is 32.0. The molecule has 0 aromatic carbocycles. The summed E-state index contributed by atoms with van der Waals surface area (Å²) >= 11 is 0. The standard InChI is InChI=1S/C46H80N2P2/c1-45(49(39-21-9-3-10-22-39,40-23-11-4-12-24-40)41-25-13-5-14-26-41)37-46(38-45,48-35-33-47(2)34-36-48)50(42-27-15-6-16-28-42,43-29-17-7-18-30-43)44-31-19-8-20-32-44/h33-36,39-44H,3-32,37-38H2,1-2H3/q+4. The predicted molar refractivity (Wildman–Crippen MR) is 219 cm³/mol. The molecule has 1 aromatic rings. The molecule has 280 valence electrons. The minimum absolute atomic E-state index is 0.422. The van der Waals surface area contributed by atoms with Crippen molar-refractivity contribution in [3.8, 4) is 0 Å². The molecule has 1 heterocycles. The van der Waals surface area contributed by atoms with Crippen molar-refractivity contribution in [1.82, 2.24) is 0 Å². The topological polar surface area (TPSA) is 7.76 Å². The number of aryl methyl sites for hydroxylation is 1. The molecule has 0 bridgehead atoms. The summed E-state index contributed by atoms with van der Waals surface area (Å²) in [5.41, 5.74) is 6.49. The van der Waals surface area contributed by atoms with Gasteiger partial charge in [-0.15, -0.1) is 0 Å². The van der Waals surface area contributed by atoms with Gasteiger partial charge in [-0.1, -0.05) is 38.5 Å². The maximum atomic E-state index is 3.07. The zero-order chi connectivity index (χ0) is 34.1. The fourth-order valence-corrected chi connectivity index (χ4v) is 34.7. The first kappa shape index (κ1) is 36.9. The lowest BCUT2D eigenvalue weighted by molar-refractivity contribution is -0.779. The fourth-order valence-electron chi connectivity index (χ4n) is 16.0. The lowest BCUT2D eigenvalue weighted by Crippen LogP contribution is -2.74. The van der Waals surface area contributed by atoms with Crippen LogP contribution >= 0.6 is 14.5 Å². The van der Waals surface area contributed by atoms with Crippen LogP contribution in [0.25, 0.3) is 0 Å². The largest absolute Gasteiger partial charge is 0.274 e. The van der Waals surface area contributed by atoms with E-state index < -0.39 is 14.5 Å². The first-order valence-electron chi connectivity index (χ1n) is 23.2. The molecule has 7 aliphatic rings. The monoisotopic (exact) mass is 723 g/mol. The Hall–Kier alpha value is -0.0600. The summed E-state index contributed by atoms with van der Waals surface area (Å²) in [6.45, 7) is 3.07. The minimum atomic E-state index is -1.39. The molecule has 7 fully saturated rings. The Morgan fingerprint density at radius 2 is 0.640 bits per heavy atom. The molecule has 7 saturated carbocycles. The van der Waals surface area contributed by atoms with E-state index in [1.807, 2.05) is 0 Å². The zero-order valence-electron chi connectivity index (χ0n) is 33.2. The highest BCUT2D eigenvalue weighted by molar-refractivity contribution is 7.81. The van der Waals surface area contributed by atoms with Gasteiger partial charge in [-0.3, -0.25) is 0 Å². The molecule has 50 heavy (non-hydrogen) atoms. The van der Waals surface area contributed by atoms with Crippen LogP contribution in [0.5, 0.6) is 0 Å². The van der Waals surface area contributed by atoms with Crippen LogP contribution in [-0.4, -0.2) is 39.1 Å². The maximum absolute atomic E-state index is 3.07. The Kier molecular flexibility index (Phi) is 11.8. The molecule has 8 rings (SSSR count). The summed E-state index contributed by atoms with van der Waals surface area (Å²) in [6.07, 6.45) is 60.5. The average Bonchev–Trinajstić information content (AvgIpc) is 3.17. The van der Waals surface area contributed by atoms with Gasteiger partial charge in [0.05, 0.1) is 59.2 Å². The van der Waals surface area contributed by atoms with Crippen molar-refractivity contribution in [2.75, 3.05) is 0 Å². The van der Waals surface area contributed by atoms with Gasteiger partial charge in [-0.05, 0) is 161 Å². The van der Waals surface area contributed by atoms with Crippen molar-refractivity contribution in [2.24, 2.45) is 7.05 Å². The Balaban J connectivity index is 1.33. The van der Waals surface area contributed by atoms with Gasteiger partial charge in [-0.25, -0.2) is 0 Å². The van der Waals surface area contributed by atoms with Crippen molar-refractivity contribution in [3.05, 3.63) is 24.8 Å². The molecule has 0 spiro atoms. The second kappa shape index (κ2) is 16.0. The summed E-state index contributed by atoms with van der Waals surface area (Å²) in [5.74, 6) is 0. The van der Waals surface area contributed by atoms with E-state index in [4.69, 9.17) is 0 Å². The molecule has 7 aliphatic carbocycles. The second-order valence-corrected chi connectivity index (χ2v) is 29.6. The fraction of sp³-hybridized carbons (Fsp3) is 0.913. The number of rotatable bonds is 9. The molecular formula is C46H80N2P2+4. The van der Waals surface area contributed by atoms with Gasteiger partial charge in [-0.2, -0.15) is 9.13 Å². The predicted octanol–water partition coefficient (Wildman–Crippen LogP) is 13.0. The van der Waals surface area contributed by atoms with Gasteiger partial charge >= 0.3 is 0 Å². The van der Waals surface area contributed by atoms with Gasteiger partial charge < -0.3 is 0 Å². The molecule has 0 unspecified atom stereocenters. The van der Waals surface area contributed by atoms with E-state index >= 15 is 0 Å². The van der Waals surface area contributed by atoms with E-state index in [2.05, 4.69) is 47.9 Å². The molecule has 0 atom stereocenters. The van der Waals surface area contributed by atoms with Crippen LogP contribution in [0.15, 0.2) is 24.8 Å². The lowest BCUT2D eigenvalue weighted by Gasteiger charge is -2.66. The minimum Gasteiger partial charge on any atom is -0.197 e. The normalized spacial score (nSPS) is 32.9. The Labute approximate surface area is 311 Å². The Morgan fingerprint density at radius 3 is 0.920 bits per heavy atom. The highest BCUT2D eigenvalue weighted by atomic mass is 31.2. The van der Waals surface area contributed by atoms with E-state index in [9.17, 15) is 0 Å². The number of hydrogen-bond acceptors (Lipinski definition) is 0. The Morgan fingerprint density at radius 1 is 0.380 bits per heavy atom. The first-order chi connectivity index (χ1) is 24.5. The highest BCUT2D eigenvalue weighted by Crippen LogP contribution is 2.96. The van der Waals surface area contributed by atoms with Crippen LogP contribution in [0.1, 0.15) is 212 Å². The lowest BCUT2D eigenvalue weighted by atomic mass is 9.79. The molecule has 0 radical (unpaired) electrons. The van der Waals surface area contributed by atoms with Gasteiger partial charge in [0.25, 0.3) is 5.28 Å². The average molecular weight is 723 g/mol. The molecule has 0 aliphatic heterocycles. The molecular weight excluding hydrogens is 642 g/mol. The first-order valence-corrected chi connectivity index (χ1v) is 27.2. The summed E-state index contributed by atoms with van der Waals surface area (Å²) in [6, 6.07) is 0. The van der Waals surface area contributed by atoms with Gasteiger partial charge in [0, 0.05) is 7.26 Å². The number of aromatic nitrogens is 2. The summed E-state index contributed by atoms with van der Waals surface area (Å²) in [5, 5.41) is 1.03. The van der Waals surface area contributed by atoms with Crippen LogP contribution < -0.4 is 9.13 Å². The van der Waals surface area contributed by atoms with E-state index in [1.54, 1.807) is 128 Å². The van der Waals surface area contributed by atoms with Crippen LogP contribution in [-0.2, 0) is 12.3 Å². The van der Waals surface area contributed by atoms with Crippen LogP contribution in [0.4, 0.5) is 0 Å². The van der Waals surface area contributed by atoms with Crippen molar-refractivity contribution in [1.29, 1.82) is 0 Å². The SMILES string of the molecule is C[n+]1cc[n+](C2([P+](C3CCCCC3)(C3CCCCC3)C3CCCCC3)CC(C)([P+](C3CCCCC3)(C3CCCCC3)C3CCCCC3)C2)cc1. The second-order valence-electron chi connectivity index (χ2n) is 19.9. The van der Waals surface area contributed by atoms with Crippen LogP contribution in [0.3, 0.4) is 0 Å². The van der Waals surface area contributed by atoms with Gasteiger partial charge in [0.1, 0.15) is 7.05 Å². The Bertz CT molecular complexity index is 1110.